The third kappa shape index (κ3) is 5.34. The van der Waals surface area contributed by atoms with Crippen molar-refractivity contribution in [3.05, 3.63) is 47.5 Å². The van der Waals surface area contributed by atoms with E-state index >= 15 is 0 Å². The number of esters is 1. The van der Waals surface area contributed by atoms with Gasteiger partial charge in [0.25, 0.3) is 0 Å². The Morgan fingerprint density at radius 2 is 1.94 bits per heavy atom. The lowest BCUT2D eigenvalue weighted by molar-refractivity contribution is -0.142. The molecule has 0 aliphatic rings. The Labute approximate surface area is 103 Å². The van der Waals surface area contributed by atoms with Crippen molar-refractivity contribution in [2.24, 2.45) is 0 Å². The van der Waals surface area contributed by atoms with Gasteiger partial charge in [0.05, 0.1) is 6.10 Å². The number of ether oxygens (including phenoxy) is 1. The van der Waals surface area contributed by atoms with Crippen LogP contribution in [0.5, 0.6) is 0 Å². The first-order valence-corrected chi connectivity index (χ1v) is 6.01. The number of hydrogen-bond donors (Lipinski definition) is 0. The molecule has 0 radical (unpaired) electrons. The van der Waals surface area contributed by atoms with Gasteiger partial charge in [0.2, 0.25) is 0 Å². The monoisotopic (exact) mass is 232 g/mol. The van der Waals surface area contributed by atoms with Crippen LogP contribution < -0.4 is 0 Å². The summed E-state index contributed by atoms with van der Waals surface area (Å²) in [4.78, 5) is 11.5. The first kappa shape index (κ1) is 13.5. The predicted octanol–water partition coefficient (Wildman–Crippen LogP) is 3.52. The summed E-state index contributed by atoms with van der Waals surface area (Å²) in [7, 11) is 0. The van der Waals surface area contributed by atoms with E-state index in [1.807, 2.05) is 38.1 Å². The van der Waals surface area contributed by atoms with Crippen molar-refractivity contribution in [1.82, 2.24) is 0 Å². The summed E-state index contributed by atoms with van der Waals surface area (Å²) in [5.74, 6) is -0.215. The maximum Gasteiger partial charge on any atom is 0.333 e. The Morgan fingerprint density at radius 3 is 2.53 bits per heavy atom. The third-order valence-electron chi connectivity index (χ3n) is 2.39. The van der Waals surface area contributed by atoms with E-state index in [4.69, 9.17) is 4.74 Å². The number of aryl methyl sites for hydroxylation is 1. The molecular formula is C15H20O2. The lowest BCUT2D eigenvalue weighted by atomic mass is 10.1. The second kappa shape index (κ2) is 6.89. The van der Waals surface area contributed by atoms with E-state index in [9.17, 15) is 4.79 Å². The fourth-order valence-corrected chi connectivity index (χ4v) is 1.49. The first-order valence-electron chi connectivity index (χ1n) is 6.01. The van der Waals surface area contributed by atoms with Gasteiger partial charge in [-0.1, -0.05) is 36.4 Å². The number of benzene rings is 1. The standard InChI is InChI=1S/C15H20O2/c1-12(2)17-15(16)13(3)8-7-11-14-9-5-4-6-10-14/h4-6,8-10,12H,7,11H2,1-3H3/b13-8+. The van der Waals surface area contributed by atoms with Crippen LogP contribution in [0.2, 0.25) is 0 Å². The number of hydrogen-bond acceptors (Lipinski definition) is 2. The average Bonchev–Trinajstić information content (AvgIpc) is 2.29. The van der Waals surface area contributed by atoms with Gasteiger partial charge in [-0.3, -0.25) is 0 Å². The quantitative estimate of drug-likeness (QED) is 0.573. The zero-order chi connectivity index (χ0) is 12.7. The van der Waals surface area contributed by atoms with Crippen molar-refractivity contribution < 1.29 is 9.53 Å². The second-order valence-electron chi connectivity index (χ2n) is 4.37. The van der Waals surface area contributed by atoms with Gasteiger partial charge in [-0.05, 0) is 39.2 Å². The summed E-state index contributed by atoms with van der Waals surface area (Å²) < 4.78 is 5.11. The molecule has 0 saturated heterocycles. The van der Waals surface area contributed by atoms with Crippen molar-refractivity contribution in [3.8, 4) is 0 Å². The molecule has 0 heterocycles. The van der Waals surface area contributed by atoms with E-state index in [1.165, 1.54) is 5.56 Å². The SMILES string of the molecule is C/C(=C\CCc1ccccc1)C(=O)OC(C)C. The van der Waals surface area contributed by atoms with Gasteiger partial charge in [0.1, 0.15) is 0 Å². The molecule has 1 rings (SSSR count). The Kier molecular flexibility index (Phi) is 5.47. The molecule has 0 bridgehead atoms. The van der Waals surface area contributed by atoms with Crippen LogP contribution in [-0.4, -0.2) is 12.1 Å². The third-order valence-corrected chi connectivity index (χ3v) is 2.39. The van der Waals surface area contributed by atoms with Gasteiger partial charge in [0.15, 0.2) is 0 Å². The van der Waals surface area contributed by atoms with Crippen LogP contribution in [-0.2, 0) is 16.0 Å². The Hall–Kier alpha value is -1.57. The fourth-order valence-electron chi connectivity index (χ4n) is 1.49. The molecule has 0 aliphatic heterocycles. The molecule has 0 aromatic heterocycles. The molecule has 0 spiro atoms. The van der Waals surface area contributed by atoms with Crippen LogP contribution in [0, 0.1) is 0 Å². The molecule has 1 aromatic carbocycles. The second-order valence-corrected chi connectivity index (χ2v) is 4.37. The van der Waals surface area contributed by atoms with Crippen molar-refractivity contribution in [2.75, 3.05) is 0 Å². The number of allylic oxidation sites excluding steroid dienone is 1. The molecule has 0 atom stereocenters. The molecule has 0 unspecified atom stereocenters. The largest absolute Gasteiger partial charge is 0.460 e. The molecule has 0 fully saturated rings. The molecule has 0 amide bonds. The maximum atomic E-state index is 11.5. The van der Waals surface area contributed by atoms with Gasteiger partial charge >= 0.3 is 5.97 Å². The van der Waals surface area contributed by atoms with E-state index in [0.29, 0.717) is 5.57 Å². The molecule has 0 N–H and O–H groups in total. The van der Waals surface area contributed by atoms with Gasteiger partial charge in [-0.15, -0.1) is 0 Å². The van der Waals surface area contributed by atoms with Gasteiger partial charge in [-0.2, -0.15) is 0 Å². The maximum absolute atomic E-state index is 11.5. The average molecular weight is 232 g/mol. The van der Waals surface area contributed by atoms with Crippen LogP contribution in [0.4, 0.5) is 0 Å². The van der Waals surface area contributed by atoms with Crippen LogP contribution in [0.25, 0.3) is 0 Å². The lowest BCUT2D eigenvalue weighted by Gasteiger charge is -2.07. The zero-order valence-electron chi connectivity index (χ0n) is 10.8. The normalized spacial score (nSPS) is 11.6. The molecule has 0 aliphatic carbocycles. The number of carbonyl (C=O) groups is 1. The Morgan fingerprint density at radius 1 is 1.29 bits per heavy atom. The van der Waals surface area contributed by atoms with E-state index < -0.39 is 0 Å². The zero-order valence-corrected chi connectivity index (χ0v) is 10.8. The molecule has 17 heavy (non-hydrogen) atoms. The minimum atomic E-state index is -0.215. The van der Waals surface area contributed by atoms with Crippen molar-refractivity contribution >= 4 is 5.97 Å². The highest BCUT2D eigenvalue weighted by Crippen LogP contribution is 2.06. The predicted molar refractivity (Wildman–Crippen MR) is 69.7 cm³/mol. The van der Waals surface area contributed by atoms with E-state index in [1.54, 1.807) is 6.92 Å². The Bertz CT molecular complexity index is 377. The van der Waals surface area contributed by atoms with Gasteiger partial charge in [-0.25, -0.2) is 4.79 Å². The highest BCUT2D eigenvalue weighted by molar-refractivity contribution is 5.87. The molecule has 2 heteroatoms. The minimum absolute atomic E-state index is 0.0556. The molecule has 92 valence electrons. The summed E-state index contributed by atoms with van der Waals surface area (Å²) in [5, 5.41) is 0. The van der Waals surface area contributed by atoms with E-state index in [0.717, 1.165) is 12.8 Å². The first-order chi connectivity index (χ1) is 8.09. The number of rotatable bonds is 5. The molecular weight excluding hydrogens is 212 g/mol. The van der Waals surface area contributed by atoms with Crippen LogP contribution in [0.3, 0.4) is 0 Å². The molecule has 1 aromatic rings. The Balaban J connectivity index is 2.41. The number of carbonyl (C=O) groups excluding carboxylic acids is 1. The summed E-state index contributed by atoms with van der Waals surface area (Å²) in [6.07, 6.45) is 3.70. The molecule has 0 saturated carbocycles. The fraction of sp³-hybridized carbons (Fsp3) is 0.400. The van der Waals surface area contributed by atoms with Crippen molar-refractivity contribution in [1.29, 1.82) is 0 Å². The molecule has 2 nitrogen and oxygen atoms in total. The van der Waals surface area contributed by atoms with Crippen molar-refractivity contribution in [3.63, 3.8) is 0 Å². The summed E-state index contributed by atoms with van der Waals surface area (Å²) in [5.41, 5.74) is 1.98. The van der Waals surface area contributed by atoms with E-state index in [-0.39, 0.29) is 12.1 Å². The minimum Gasteiger partial charge on any atom is -0.460 e. The van der Waals surface area contributed by atoms with Crippen LogP contribution in [0.1, 0.15) is 32.8 Å². The van der Waals surface area contributed by atoms with Gasteiger partial charge in [0, 0.05) is 5.57 Å². The van der Waals surface area contributed by atoms with E-state index in [2.05, 4.69) is 12.1 Å². The van der Waals surface area contributed by atoms with Crippen LogP contribution in [0.15, 0.2) is 42.0 Å². The van der Waals surface area contributed by atoms with Gasteiger partial charge < -0.3 is 4.74 Å². The summed E-state index contributed by atoms with van der Waals surface area (Å²) in [6, 6.07) is 10.2. The summed E-state index contributed by atoms with van der Waals surface area (Å²) in [6.45, 7) is 5.51. The van der Waals surface area contributed by atoms with Crippen LogP contribution >= 0.6 is 0 Å². The highest BCUT2D eigenvalue weighted by Gasteiger charge is 2.06. The lowest BCUT2D eigenvalue weighted by Crippen LogP contribution is -2.12. The topological polar surface area (TPSA) is 26.3 Å². The van der Waals surface area contributed by atoms with Crippen molar-refractivity contribution in [2.45, 2.75) is 39.7 Å². The highest BCUT2D eigenvalue weighted by atomic mass is 16.5. The summed E-state index contributed by atoms with van der Waals surface area (Å²) >= 11 is 0. The smallest absolute Gasteiger partial charge is 0.333 e.